The monoisotopic (exact) mass is 364 g/mol. The molecular weight excluding hydrogens is 340 g/mol. The molecule has 0 aliphatic carbocycles. The number of piperidine rings is 1. The number of fused-ring (bicyclic) bond motifs is 1. The maximum Gasteiger partial charge on any atom is 0.117 e. The lowest BCUT2D eigenvalue weighted by Crippen LogP contribution is -2.39. The van der Waals surface area contributed by atoms with E-state index < -0.39 is 0 Å². The van der Waals surface area contributed by atoms with E-state index in [9.17, 15) is 5.11 Å². The molecule has 1 aliphatic heterocycles. The van der Waals surface area contributed by atoms with Crippen molar-refractivity contribution in [1.82, 2.24) is 15.5 Å². The number of rotatable bonds is 4. The van der Waals surface area contributed by atoms with Crippen molar-refractivity contribution in [3.63, 3.8) is 0 Å². The first-order valence-electron chi connectivity index (χ1n) is 9.07. The fourth-order valence-electron chi connectivity index (χ4n) is 3.59. The molecule has 140 valence electrons. The number of hydrazine groups is 1. The zero-order valence-corrected chi connectivity index (χ0v) is 15.0. The Morgan fingerprint density at radius 2 is 1.96 bits per heavy atom. The van der Waals surface area contributed by atoms with E-state index in [0.717, 1.165) is 35.1 Å². The second kappa shape index (κ2) is 7.40. The average Bonchev–Trinajstić information content (AvgIpc) is 3.13. The van der Waals surface area contributed by atoms with E-state index in [4.69, 9.17) is 11.6 Å². The standard InChI is InChI=1S/C20H24N6O/c21-17(20-16-3-1-2-4-18(16)24-25-20)12-26(22)14-7-5-13(6-8-14)15-9-10-23-11-19(15)27/h1-8,12,15,19,23,27H,9-11,21-22H2,(H,24,25)/b17-12-. The van der Waals surface area contributed by atoms with Crippen molar-refractivity contribution in [2.75, 3.05) is 18.1 Å². The van der Waals surface area contributed by atoms with Gasteiger partial charge in [-0.15, -0.1) is 0 Å². The molecule has 7 heteroatoms. The molecular formula is C20H24N6O. The van der Waals surface area contributed by atoms with Gasteiger partial charge in [0.05, 0.1) is 23.0 Å². The first-order valence-corrected chi connectivity index (χ1v) is 9.07. The number of β-amino-alcohol motifs (C(OH)–C–C–N with tert-alkyl or cyclic N) is 1. The summed E-state index contributed by atoms with van der Waals surface area (Å²) in [6.07, 6.45) is 2.23. The van der Waals surface area contributed by atoms with Crippen LogP contribution in [0, 0.1) is 0 Å². The van der Waals surface area contributed by atoms with Gasteiger partial charge in [0, 0.05) is 24.0 Å². The Morgan fingerprint density at radius 3 is 2.74 bits per heavy atom. The number of aromatic nitrogens is 2. The van der Waals surface area contributed by atoms with Gasteiger partial charge in [0.1, 0.15) is 5.69 Å². The van der Waals surface area contributed by atoms with E-state index >= 15 is 0 Å². The van der Waals surface area contributed by atoms with Gasteiger partial charge >= 0.3 is 0 Å². The minimum absolute atomic E-state index is 0.155. The predicted octanol–water partition coefficient (Wildman–Crippen LogP) is 1.64. The minimum Gasteiger partial charge on any atom is -0.396 e. The maximum absolute atomic E-state index is 10.2. The Hall–Kier alpha value is -2.87. The van der Waals surface area contributed by atoms with E-state index in [1.54, 1.807) is 6.20 Å². The highest BCUT2D eigenvalue weighted by atomic mass is 16.3. The van der Waals surface area contributed by atoms with Gasteiger partial charge in [-0.05, 0) is 36.7 Å². The van der Waals surface area contributed by atoms with Crippen LogP contribution in [0.25, 0.3) is 16.6 Å². The van der Waals surface area contributed by atoms with Crippen LogP contribution in [0.5, 0.6) is 0 Å². The highest BCUT2D eigenvalue weighted by Crippen LogP contribution is 2.27. The first kappa shape index (κ1) is 17.5. The third kappa shape index (κ3) is 3.52. The van der Waals surface area contributed by atoms with Crippen molar-refractivity contribution < 1.29 is 5.11 Å². The Bertz CT molecular complexity index is 949. The van der Waals surface area contributed by atoms with Crippen LogP contribution in [0.15, 0.2) is 54.7 Å². The number of H-pyrrole nitrogens is 1. The van der Waals surface area contributed by atoms with Crippen molar-refractivity contribution >= 4 is 22.3 Å². The number of aromatic amines is 1. The summed E-state index contributed by atoms with van der Waals surface area (Å²) in [7, 11) is 0. The molecule has 0 amide bonds. The van der Waals surface area contributed by atoms with Gasteiger partial charge in [0.15, 0.2) is 0 Å². The lowest BCUT2D eigenvalue weighted by atomic mass is 9.88. The number of nitrogens with two attached hydrogens (primary N) is 2. The number of aliphatic hydroxyl groups is 1. The smallest absolute Gasteiger partial charge is 0.117 e. The largest absolute Gasteiger partial charge is 0.396 e. The van der Waals surface area contributed by atoms with Gasteiger partial charge < -0.3 is 16.2 Å². The highest BCUT2D eigenvalue weighted by Gasteiger charge is 2.24. The van der Waals surface area contributed by atoms with Gasteiger partial charge in [-0.25, -0.2) is 5.84 Å². The molecule has 27 heavy (non-hydrogen) atoms. The molecule has 0 spiro atoms. The number of benzene rings is 2. The van der Waals surface area contributed by atoms with Crippen molar-refractivity contribution in [2.45, 2.75) is 18.4 Å². The molecule has 2 heterocycles. The van der Waals surface area contributed by atoms with E-state index in [0.29, 0.717) is 17.9 Å². The molecule has 0 saturated carbocycles. The lowest BCUT2D eigenvalue weighted by Gasteiger charge is -2.29. The van der Waals surface area contributed by atoms with Crippen LogP contribution in [0.3, 0.4) is 0 Å². The van der Waals surface area contributed by atoms with Gasteiger partial charge in [-0.3, -0.25) is 10.1 Å². The second-order valence-corrected chi connectivity index (χ2v) is 6.87. The Morgan fingerprint density at radius 1 is 1.19 bits per heavy atom. The van der Waals surface area contributed by atoms with Crippen LogP contribution >= 0.6 is 0 Å². The minimum atomic E-state index is -0.359. The van der Waals surface area contributed by atoms with Crippen molar-refractivity contribution in [3.8, 4) is 0 Å². The SMILES string of the molecule is N/C(=C\N(N)c1ccc(C2CCNCC2O)cc1)c1n[nH]c2ccccc12. The van der Waals surface area contributed by atoms with E-state index in [2.05, 4.69) is 15.5 Å². The summed E-state index contributed by atoms with van der Waals surface area (Å²) >= 11 is 0. The van der Waals surface area contributed by atoms with Crippen LogP contribution < -0.4 is 21.9 Å². The second-order valence-electron chi connectivity index (χ2n) is 6.87. The summed E-state index contributed by atoms with van der Waals surface area (Å²) in [5.41, 5.74) is 10.2. The Labute approximate surface area is 157 Å². The van der Waals surface area contributed by atoms with E-state index in [1.165, 1.54) is 5.01 Å². The third-order valence-electron chi connectivity index (χ3n) is 5.09. The number of hydrogen-bond donors (Lipinski definition) is 5. The predicted molar refractivity (Wildman–Crippen MR) is 108 cm³/mol. The topological polar surface area (TPSA) is 116 Å². The zero-order valence-electron chi connectivity index (χ0n) is 15.0. The molecule has 1 aliphatic rings. The van der Waals surface area contributed by atoms with Gasteiger partial charge in [0.25, 0.3) is 0 Å². The fraction of sp³-hybridized carbons (Fsp3) is 0.250. The third-order valence-corrected chi connectivity index (χ3v) is 5.09. The number of nitrogens with zero attached hydrogens (tertiary/aromatic N) is 2. The van der Waals surface area contributed by atoms with Crippen LogP contribution in [0.1, 0.15) is 23.6 Å². The average molecular weight is 364 g/mol. The molecule has 1 saturated heterocycles. The van der Waals surface area contributed by atoms with Crippen LogP contribution in [-0.4, -0.2) is 34.5 Å². The van der Waals surface area contributed by atoms with E-state index in [1.807, 2.05) is 48.5 Å². The number of aliphatic hydroxyl groups excluding tert-OH is 1. The van der Waals surface area contributed by atoms with Crippen LogP contribution in [-0.2, 0) is 0 Å². The first-order chi connectivity index (χ1) is 13.1. The highest BCUT2D eigenvalue weighted by molar-refractivity contribution is 5.89. The summed E-state index contributed by atoms with van der Waals surface area (Å²) in [4.78, 5) is 0. The summed E-state index contributed by atoms with van der Waals surface area (Å²) in [5, 5.41) is 23.1. The molecule has 3 aromatic rings. The van der Waals surface area contributed by atoms with Crippen molar-refractivity contribution in [1.29, 1.82) is 0 Å². The fourth-order valence-corrected chi connectivity index (χ4v) is 3.59. The molecule has 0 bridgehead atoms. The van der Waals surface area contributed by atoms with Gasteiger partial charge in [-0.1, -0.05) is 30.3 Å². The lowest BCUT2D eigenvalue weighted by molar-refractivity contribution is 0.118. The molecule has 0 radical (unpaired) electrons. The summed E-state index contributed by atoms with van der Waals surface area (Å²) in [6, 6.07) is 15.7. The summed E-state index contributed by atoms with van der Waals surface area (Å²) in [5.74, 6) is 6.34. The molecule has 2 aromatic carbocycles. The summed E-state index contributed by atoms with van der Waals surface area (Å²) < 4.78 is 0. The molecule has 7 N–H and O–H groups in total. The number of para-hydroxylation sites is 1. The van der Waals surface area contributed by atoms with E-state index in [-0.39, 0.29) is 12.0 Å². The summed E-state index contributed by atoms with van der Waals surface area (Å²) in [6.45, 7) is 1.55. The Balaban J connectivity index is 1.53. The number of hydrogen-bond acceptors (Lipinski definition) is 6. The number of nitrogens with one attached hydrogen (secondary N) is 2. The Kier molecular flexibility index (Phi) is 4.81. The molecule has 4 rings (SSSR count). The molecule has 1 fully saturated rings. The normalized spacial score (nSPS) is 20.7. The molecule has 7 nitrogen and oxygen atoms in total. The maximum atomic E-state index is 10.2. The van der Waals surface area contributed by atoms with Crippen molar-refractivity contribution in [3.05, 3.63) is 66.0 Å². The van der Waals surface area contributed by atoms with Gasteiger partial charge in [-0.2, -0.15) is 5.10 Å². The van der Waals surface area contributed by atoms with Crippen molar-refractivity contribution in [2.24, 2.45) is 11.6 Å². The van der Waals surface area contributed by atoms with Crippen LogP contribution in [0.2, 0.25) is 0 Å². The van der Waals surface area contributed by atoms with Gasteiger partial charge in [0.2, 0.25) is 0 Å². The molecule has 2 atom stereocenters. The zero-order chi connectivity index (χ0) is 18.8. The van der Waals surface area contributed by atoms with Crippen LogP contribution in [0.4, 0.5) is 5.69 Å². The number of anilines is 1. The molecule has 1 aromatic heterocycles. The molecule has 2 unspecified atom stereocenters. The quantitative estimate of drug-likeness (QED) is 0.355.